The molecule has 0 radical (unpaired) electrons. The van der Waals surface area contributed by atoms with E-state index in [0.29, 0.717) is 5.88 Å². The lowest BCUT2D eigenvalue weighted by Crippen LogP contribution is -1.93. The number of benzene rings is 1. The van der Waals surface area contributed by atoms with Crippen molar-refractivity contribution < 1.29 is 4.74 Å². The molecule has 0 fully saturated rings. The highest BCUT2D eigenvalue weighted by atomic mass is 35.5. The van der Waals surface area contributed by atoms with E-state index in [2.05, 4.69) is 29.0 Å². The molecular formula is C13H15ClN2O. The zero-order valence-electron chi connectivity index (χ0n) is 10.2. The maximum absolute atomic E-state index is 5.74. The molecule has 2 rings (SSSR count). The number of aromatic amines is 1. The van der Waals surface area contributed by atoms with E-state index in [1.54, 1.807) is 13.3 Å². The summed E-state index contributed by atoms with van der Waals surface area (Å²) in [6.45, 7) is 4.10. The summed E-state index contributed by atoms with van der Waals surface area (Å²) < 4.78 is 5.45. The molecule has 90 valence electrons. The number of hydrogen-bond donors (Lipinski definition) is 1. The van der Waals surface area contributed by atoms with Crippen LogP contribution in [0.5, 0.6) is 5.75 Å². The van der Waals surface area contributed by atoms with E-state index in [0.717, 1.165) is 28.4 Å². The van der Waals surface area contributed by atoms with Crippen molar-refractivity contribution in [3.05, 3.63) is 35.3 Å². The van der Waals surface area contributed by atoms with Crippen LogP contribution in [-0.4, -0.2) is 17.1 Å². The SMILES string of the molecule is COc1c(C)cc(C)cc1-c1cnc(CCl)[nH]1. The highest BCUT2D eigenvalue weighted by Crippen LogP contribution is 2.33. The van der Waals surface area contributed by atoms with Gasteiger partial charge in [0.25, 0.3) is 0 Å². The van der Waals surface area contributed by atoms with Crippen LogP contribution in [0, 0.1) is 13.8 Å². The third-order valence-electron chi connectivity index (χ3n) is 2.67. The molecular weight excluding hydrogens is 236 g/mol. The molecule has 0 saturated carbocycles. The van der Waals surface area contributed by atoms with E-state index < -0.39 is 0 Å². The summed E-state index contributed by atoms with van der Waals surface area (Å²) in [5.41, 5.74) is 4.27. The summed E-state index contributed by atoms with van der Waals surface area (Å²) in [6, 6.07) is 4.18. The first kappa shape index (κ1) is 12.0. The number of methoxy groups -OCH3 is 1. The van der Waals surface area contributed by atoms with Gasteiger partial charge in [-0.05, 0) is 31.0 Å². The van der Waals surface area contributed by atoms with Crippen molar-refractivity contribution in [2.45, 2.75) is 19.7 Å². The number of aryl methyl sites for hydroxylation is 2. The molecule has 0 saturated heterocycles. The van der Waals surface area contributed by atoms with Crippen molar-refractivity contribution in [2.75, 3.05) is 7.11 Å². The average molecular weight is 251 g/mol. The molecule has 0 aliphatic rings. The number of nitrogens with zero attached hydrogens (tertiary/aromatic N) is 1. The molecule has 17 heavy (non-hydrogen) atoms. The van der Waals surface area contributed by atoms with Gasteiger partial charge < -0.3 is 9.72 Å². The number of aromatic nitrogens is 2. The molecule has 1 aromatic heterocycles. The fraction of sp³-hybridized carbons (Fsp3) is 0.308. The van der Waals surface area contributed by atoms with Crippen LogP contribution in [0.1, 0.15) is 17.0 Å². The van der Waals surface area contributed by atoms with Gasteiger partial charge in [0.15, 0.2) is 0 Å². The van der Waals surface area contributed by atoms with Crippen LogP contribution in [0.2, 0.25) is 0 Å². The monoisotopic (exact) mass is 250 g/mol. The van der Waals surface area contributed by atoms with Crippen LogP contribution in [0.4, 0.5) is 0 Å². The molecule has 0 aliphatic heterocycles. The Balaban J connectivity index is 2.57. The smallest absolute Gasteiger partial charge is 0.131 e. The first-order valence-electron chi connectivity index (χ1n) is 5.41. The molecule has 3 nitrogen and oxygen atoms in total. The van der Waals surface area contributed by atoms with Crippen LogP contribution in [0.3, 0.4) is 0 Å². The van der Waals surface area contributed by atoms with Crippen LogP contribution < -0.4 is 4.74 Å². The molecule has 1 N–H and O–H groups in total. The minimum Gasteiger partial charge on any atom is -0.496 e. The van der Waals surface area contributed by atoms with Gasteiger partial charge in [0.05, 0.1) is 24.9 Å². The molecule has 0 spiro atoms. The van der Waals surface area contributed by atoms with Gasteiger partial charge in [-0.25, -0.2) is 4.98 Å². The Morgan fingerprint density at radius 3 is 2.71 bits per heavy atom. The largest absolute Gasteiger partial charge is 0.496 e. The van der Waals surface area contributed by atoms with Gasteiger partial charge >= 0.3 is 0 Å². The van der Waals surface area contributed by atoms with Gasteiger partial charge in [-0.2, -0.15) is 0 Å². The Morgan fingerprint density at radius 2 is 2.12 bits per heavy atom. The number of H-pyrrole nitrogens is 1. The molecule has 4 heteroatoms. The van der Waals surface area contributed by atoms with E-state index >= 15 is 0 Å². The van der Waals surface area contributed by atoms with Gasteiger partial charge in [0.1, 0.15) is 11.6 Å². The molecule has 2 aromatic rings. The molecule has 0 amide bonds. The van der Waals surface area contributed by atoms with E-state index in [-0.39, 0.29) is 0 Å². The van der Waals surface area contributed by atoms with Gasteiger partial charge in [-0.15, -0.1) is 11.6 Å². The lowest BCUT2D eigenvalue weighted by atomic mass is 10.0. The Kier molecular flexibility index (Phi) is 3.38. The number of imidazole rings is 1. The van der Waals surface area contributed by atoms with E-state index in [1.165, 1.54) is 5.56 Å². The Bertz CT molecular complexity index is 534. The fourth-order valence-electron chi connectivity index (χ4n) is 1.99. The Hall–Kier alpha value is -1.48. The first-order valence-corrected chi connectivity index (χ1v) is 5.94. The molecule has 1 aromatic carbocycles. The molecule has 0 aliphatic carbocycles. The average Bonchev–Trinajstić information content (AvgIpc) is 2.76. The van der Waals surface area contributed by atoms with Crippen molar-refractivity contribution >= 4 is 11.6 Å². The van der Waals surface area contributed by atoms with Gasteiger partial charge in [-0.3, -0.25) is 0 Å². The summed E-state index contributed by atoms with van der Waals surface area (Å²) in [6.07, 6.45) is 1.79. The predicted octanol–water partition coefficient (Wildman–Crippen LogP) is 3.44. The topological polar surface area (TPSA) is 37.9 Å². The summed E-state index contributed by atoms with van der Waals surface area (Å²) in [5, 5.41) is 0. The fourth-order valence-corrected chi connectivity index (χ4v) is 2.13. The second kappa shape index (κ2) is 4.80. The van der Waals surface area contributed by atoms with Gasteiger partial charge in [0.2, 0.25) is 0 Å². The molecule has 1 heterocycles. The van der Waals surface area contributed by atoms with Crippen molar-refractivity contribution in [3.63, 3.8) is 0 Å². The minimum atomic E-state index is 0.382. The zero-order valence-corrected chi connectivity index (χ0v) is 10.9. The second-order valence-corrected chi connectivity index (χ2v) is 4.31. The quantitative estimate of drug-likeness (QED) is 0.848. The summed E-state index contributed by atoms with van der Waals surface area (Å²) in [5.74, 6) is 2.02. The van der Waals surface area contributed by atoms with Crippen LogP contribution >= 0.6 is 11.6 Å². The lowest BCUT2D eigenvalue weighted by Gasteiger charge is -2.11. The van der Waals surface area contributed by atoms with Gasteiger partial charge in [-0.1, -0.05) is 6.07 Å². The van der Waals surface area contributed by atoms with Crippen molar-refractivity contribution in [1.29, 1.82) is 0 Å². The number of nitrogens with one attached hydrogen (secondary N) is 1. The van der Waals surface area contributed by atoms with Crippen molar-refractivity contribution in [3.8, 4) is 17.0 Å². The third-order valence-corrected chi connectivity index (χ3v) is 2.92. The zero-order chi connectivity index (χ0) is 12.4. The number of halogens is 1. The molecule has 0 atom stereocenters. The Labute approximate surface area is 106 Å². The summed E-state index contributed by atoms with van der Waals surface area (Å²) in [7, 11) is 1.68. The van der Waals surface area contributed by atoms with Gasteiger partial charge in [0, 0.05) is 5.56 Å². The van der Waals surface area contributed by atoms with E-state index in [4.69, 9.17) is 16.3 Å². The van der Waals surface area contributed by atoms with Crippen LogP contribution in [-0.2, 0) is 5.88 Å². The summed E-state index contributed by atoms with van der Waals surface area (Å²) >= 11 is 5.74. The third kappa shape index (κ3) is 2.29. The molecule has 0 unspecified atom stereocenters. The van der Waals surface area contributed by atoms with Crippen LogP contribution in [0.15, 0.2) is 18.3 Å². The first-order chi connectivity index (χ1) is 8.15. The number of hydrogen-bond acceptors (Lipinski definition) is 2. The normalized spacial score (nSPS) is 10.6. The standard InChI is InChI=1S/C13H15ClN2O/c1-8-4-9(2)13(17-3)10(5-8)11-7-15-12(6-14)16-11/h4-5,7H,6H2,1-3H3,(H,15,16). The van der Waals surface area contributed by atoms with E-state index in [1.807, 2.05) is 6.92 Å². The highest BCUT2D eigenvalue weighted by molar-refractivity contribution is 6.16. The highest BCUT2D eigenvalue weighted by Gasteiger charge is 2.11. The lowest BCUT2D eigenvalue weighted by molar-refractivity contribution is 0.413. The van der Waals surface area contributed by atoms with E-state index in [9.17, 15) is 0 Å². The Morgan fingerprint density at radius 1 is 1.35 bits per heavy atom. The maximum Gasteiger partial charge on any atom is 0.131 e. The predicted molar refractivity (Wildman–Crippen MR) is 69.6 cm³/mol. The second-order valence-electron chi connectivity index (χ2n) is 4.04. The van der Waals surface area contributed by atoms with Crippen molar-refractivity contribution in [1.82, 2.24) is 9.97 Å². The van der Waals surface area contributed by atoms with Crippen LogP contribution in [0.25, 0.3) is 11.3 Å². The van der Waals surface area contributed by atoms with Crippen molar-refractivity contribution in [2.24, 2.45) is 0 Å². The minimum absolute atomic E-state index is 0.382. The maximum atomic E-state index is 5.74. The number of rotatable bonds is 3. The number of alkyl halides is 1. The summed E-state index contributed by atoms with van der Waals surface area (Å²) in [4.78, 5) is 7.39. The number of ether oxygens (including phenoxy) is 1. The molecule has 0 bridgehead atoms.